The van der Waals surface area contributed by atoms with E-state index in [9.17, 15) is 19.2 Å². The molecule has 1 saturated heterocycles. The smallest absolute Gasteiger partial charge is 0.330 e. The highest BCUT2D eigenvalue weighted by Gasteiger charge is 2.47. The van der Waals surface area contributed by atoms with E-state index < -0.39 is 29.1 Å². The van der Waals surface area contributed by atoms with E-state index in [0.717, 1.165) is 16.9 Å². The second-order valence-corrected chi connectivity index (χ2v) is 9.75. The number of aromatic nitrogens is 2. The maximum Gasteiger partial charge on any atom is 0.330 e. The molecule has 1 aliphatic heterocycles. The van der Waals surface area contributed by atoms with Crippen molar-refractivity contribution in [2.75, 3.05) is 22.6 Å². The van der Waals surface area contributed by atoms with Crippen LogP contribution in [-0.4, -0.2) is 28.4 Å². The SMILES string of the molecule is CCCCn1c(N)c(N(C)C(=O)[C@@H]2CC(=O)N(c3ccc(C)cc3)[C@@H]2c2cccs2)c(=O)[nH]c1=O. The Morgan fingerprint density at radius 2 is 1.91 bits per heavy atom. The molecule has 0 radical (unpaired) electrons. The topological polar surface area (TPSA) is 121 Å². The van der Waals surface area contributed by atoms with Crippen molar-refractivity contribution in [3.8, 4) is 0 Å². The van der Waals surface area contributed by atoms with E-state index in [2.05, 4.69) is 4.98 Å². The largest absolute Gasteiger partial charge is 0.383 e. The molecule has 9 nitrogen and oxygen atoms in total. The van der Waals surface area contributed by atoms with Crippen molar-refractivity contribution in [3.05, 3.63) is 73.1 Å². The van der Waals surface area contributed by atoms with Gasteiger partial charge in [-0.25, -0.2) is 4.79 Å². The lowest BCUT2D eigenvalue weighted by molar-refractivity contribution is -0.124. The molecule has 2 amide bonds. The van der Waals surface area contributed by atoms with Crippen molar-refractivity contribution in [1.82, 2.24) is 9.55 Å². The second-order valence-electron chi connectivity index (χ2n) is 8.77. The number of hydrogen-bond acceptors (Lipinski definition) is 6. The fourth-order valence-corrected chi connectivity index (χ4v) is 5.43. The summed E-state index contributed by atoms with van der Waals surface area (Å²) in [5.41, 5.74) is 6.57. The number of H-pyrrole nitrogens is 1. The first-order valence-electron chi connectivity index (χ1n) is 11.6. The standard InChI is InChI=1S/C25H29N5O4S/c1-4-5-12-29-22(26)21(23(32)27-25(29)34)28(3)24(33)17-14-19(31)30(16-10-8-15(2)9-11-16)20(17)18-7-6-13-35-18/h6-11,13,17,20H,4-5,12,14,26H2,1-3H3,(H,27,32,34)/t17-,20+/m1/s1. The fraction of sp³-hybridized carbons (Fsp3) is 0.360. The molecule has 1 aliphatic rings. The van der Waals surface area contributed by atoms with Crippen LogP contribution >= 0.6 is 11.3 Å². The Kier molecular flexibility index (Phi) is 6.93. The number of thiophene rings is 1. The van der Waals surface area contributed by atoms with E-state index in [4.69, 9.17) is 5.73 Å². The summed E-state index contributed by atoms with van der Waals surface area (Å²) in [6.45, 7) is 4.27. The number of benzene rings is 1. The molecule has 0 spiro atoms. The molecular weight excluding hydrogens is 466 g/mol. The first kappa shape index (κ1) is 24.5. The maximum absolute atomic E-state index is 13.8. The quantitative estimate of drug-likeness (QED) is 0.522. The van der Waals surface area contributed by atoms with Crippen molar-refractivity contribution in [2.24, 2.45) is 5.92 Å². The lowest BCUT2D eigenvalue weighted by atomic mass is 9.96. The Morgan fingerprint density at radius 1 is 1.20 bits per heavy atom. The van der Waals surface area contributed by atoms with Crippen LogP contribution in [0.3, 0.4) is 0 Å². The predicted octanol–water partition coefficient (Wildman–Crippen LogP) is 3.05. The van der Waals surface area contributed by atoms with Gasteiger partial charge >= 0.3 is 5.69 Å². The fourth-order valence-electron chi connectivity index (χ4n) is 4.55. The first-order chi connectivity index (χ1) is 16.7. The summed E-state index contributed by atoms with van der Waals surface area (Å²) >= 11 is 1.47. The number of nitrogens with two attached hydrogens (primary N) is 1. The molecule has 0 bridgehead atoms. The van der Waals surface area contributed by atoms with Crippen molar-refractivity contribution in [1.29, 1.82) is 0 Å². The van der Waals surface area contributed by atoms with Crippen LogP contribution in [-0.2, 0) is 16.1 Å². The summed E-state index contributed by atoms with van der Waals surface area (Å²) in [4.78, 5) is 58.0. The van der Waals surface area contributed by atoms with Crippen LogP contribution in [0.15, 0.2) is 51.4 Å². The number of nitrogen functional groups attached to an aromatic ring is 1. The second kappa shape index (κ2) is 9.91. The van der Waals surface area contributed by atoms with Crippen molar-refractivity contribution >= 4 is 40.3 Å². The van der Waals surface area contributed by atoms with Crippen molar-refractivity contribution in [3.63, 3.8) is 0 Å². The van der Waals surface area contributed by atoms with Crippen LogP contribution in [0.2, 0.25) is 0 Å². The van der Waals surface area contributed by atoms with Gasteiger partial charge in [0.1, 0.15) is 5.82 Å². The normalized spacial score (nSPS) is 17.7. The molecule has 2 atom stereocenters. The van der Waals surface area contributed by atoms with Gasteiger partial charge in [0.15, 0.2) is 5.69 Å². The van der Waals surface area contributed by atoms with Gasteiger partial charge in [-0.1, -0.05) is 37.1 Å². The lowest BCUT2D eigenvalue weighted by Gasteiger charge is -2.29. The number of carbonyl (C=O) groups excluding carboxylic acids is 2. The van der Waals surface area contributed by atoms with E-state index >= 15 is 0 Å². The van der Waals surface area contributed by atoms with Gasteiger partial charge in [0.2, 0.25) is 11.8 Å². The van der Waals surface area contributed by atoms with Crippen LogP contribution in [0.25, 0.3) is 0 Å². The Morgan fingerprint density at radius 3 is 2.54 bits per heavy atom. The summed E-state index contributed by atoms with van der Waals surface area (Å²) in [7, 11) is 1.46. The van der Waals surface area contributed by atoms with Gasteiger partial charge in [0, 0.05) is 30.6 Å². The lowest BCUT2D eigenvalue weighted by Crippen LogP contribution is -2.42. The van der Waals surface area contributed by atoms with E-state index in [1.807, 2.05) is 55.6 Å². The number of nitrogens with zero attached hydrogens (tertiary/aromatic N) is 3. The minimum atomic E-state index is -0.734. The van der Waals surface area contributed by atoms with Gasteiger partial charge < -0.3 is 15.5 Å². The Balaban J connectivity index is 1.74. The molecule has 2 aromatic heterocycles. The summed E-state index contributed by atoms with van der Waals surface area (Å²) in [6, 6.07) is 10.9. The molecule has 1 aromatic carbocycles. The zero-order chi connectivity index (χ0) is 25.3. The number of aryl methyl sites for hydroxylation is 1. The highest BCUT2D eigenvalue weighted by atomic mass is 32.1. The molecule has 3 N–H and O–H groups in total. The number of carbonyl (C=O) groups is 2. The minimum Gasteiger partial charge on any atom is -0.383 e. The summed E-state index contributed by atoms with van der Waals surface area (Å²) in [5.74, 6) is -1.38. The van der Waals surface area contributed by atoms with E-state index in [1.165, 1.54) is 27.9 Å². The summed E-state index contributed by atoms with van der Waals surface area (Å²) in [6.07, 6.45) is 1.51. The third kappa shape index (κ3) is 4.53. The Labute approximate surface area is 206 Å². The number of amides is 2. The minimum absolute atomic E-state index is 0.00704. The highest BCUT2D eigenvalue weighted by molar-refractivity contribution is 7.10. The molecular formula is C25H29N5O4S. The number of anilines is 3. The average Bonchev–Trinajstić information content (AvgIpc) is 3.46. The number of unbranched alkanes of at least 4 members (excludes halogenated alkanes) is 1. The maximum atomic E-state index is 13.8. The van der Waals surface area contributed by atoms with Crippen LogP contribution in [0, 0.1) is 12.8 Å². The average molecular weight is 496 g/mol. The van der Waals surface area contributed by atoms with Crippen LogP contribution in [0.4, 0.5) is 17.2 Å². The van der Waals surface area contributed by atoms with Gasteiger partial charge in [-0.2, -0.15) is 0 Å². The molecule has 4 rings (SSSR count). The van der Waals surface area contributed by atoms with Gasteiger partial charge in [0.25, 0.3) is 5.56 Å². The number of rotatable bonds is 7. The molecule has 35 heavy (non-hydrogen) atoms. The molecule has 184 valence electrons. The Hall–Kier alpha value is -3.66. The molecule has 10 heteroatoms. The van der Waals surface area contributed by atoms with Crippen LogP contribution in [0.1, 0.15) is 42.7 Å². The predicted molar refractivity (Wildman–Crippen MR) is 138 cm³/mol. The molecule has 3 aromatic rings. The molecule has 0 saturated carbocycles. The van der Waals surface area contributed by atoms with E-state index in [0.29, 0.717) is 18.7 Å². The summed E-state index contributed by atoms with van der Waals surface area (Å²) in [5, 5.41) is 1.91. The zero-order valence-corrected chi connectivity index (χ0v) is 20.8. The monoisotopic (exact) mass is 495 g/mol. The molecule has 0 unspecified atom stereocenters. The third-order valence-corrected chi connectivity index (χ3v) is 7.34. The molecule has 3 heterocycles. The van der Waals surface area contributed by atoms with E-state index in [1.54, 1.807) is 4.90 Å². The van der Waals surface area contributed by atoms with Crippen LogP contribution in [0.5, 0.6) is 0 Å². The number of nitrogens with one attached hydrogen (secondary N) is 1. The Bertz CT molecular complexity index is 1340. The van der Waals surface area contributed by atoms with Gasteiger partial charge in [-0.3, -0.25) is 23.9 Å². The van der Waals surface area contributed by atoms with Crippen LogP contribution < -0.4 is 26.8 Å². The molecule has 0 aliphatic carbocycles. The third-order valence-electron chi connectivity index (χ3n) is 6.40. The number of aromatic amines is 1. The van der Waals surface area contributed by atoms with E-state index in [-0.39, 0.29) is 23.8 Å². The zero-order valence-electron chi connectivity index (χ0n) is 20.0. The van der Waals surface area contributed by atoms with Crippen molar-refractivity contribution < 1.29 is 9.59 Å². The van der Waals surface area contributed by atoms with Crippen molar-refractivity contribution in [2.45, 2.75) is 45.7 Å². The van der Waals surface area contributed by atoms with Gasteiger partial charge in [0.05, 0.1) is 12.0 Å². The number of hydrogen-bond donors (Lipinski definition) is 2. The summed E-state index contributed by atoms with van der Waals surface area (Å²) < 4.78 is 1.28. The van der Waals surface area contributed by atoms with Gasteiger partial charge in [-0.05, 0) is 36.9 Å². The molecule has 1 fully saturated rings. The highest BCUT2D eigenvalue weighted by Crippen LogP contribution is 2.44. The first-order valence-corrected chi connectivity index (χ1v) is 12.4. The van der Waals surface area contributed by atoms with Gasteiger partial charge in [-0.15, -0.1) is 11.3 Å².